The van der Waals surface area contributed by atoms with Gasteiger partial charge < -0.3 is 16.0 Å². The van der Waals surface area contributed by atoms with Gasteiger partial charge in [0, 0.05) is 5.56 Å². The van der Waals surface area contributed by atoms with Crippen LogP contribution in [0.2, 0.25) is 0 Å². The maximum atomic E-state index is 12.0. The summed E-state index contributed by atoms with van der Waals surface area (Å²) in [6, 6.07) is 8.98. The lowest BCUT2D eigenvalue weighted by molar-refractivity contribution is -0.115. The number of H-pyrrole nitrogens is 1. The molecule has 3 amide bonds. The molecule has 1 aliphatic rings. The Labute approximate surface area is 121 Å². The number of fused-ring (bicyclic) bond motifs is 1. The van der Waals surface area contributed by atoms with Crippen molar-refractivity contribution in [3.8, 4) is 0 Å². The molecule has 2 aromatic rings. The molecule has 0 unspecified atom stereocenters. The van der Waals surface area contributed by atoms with Gasteiger partial charge in [-0.2, -0.15) is 5.10 Å². The lowest BCUT2D eigenvalue weighted by Gasteiger charge is -2.11. The summed E-state index contributed by atoms with van der Waals surface area (Å²) in [6.45, 7) is 0.734. The number of aromatic amines is 1. The van der Waals surface area contributed by atoms with Crippen LogP contribution in [0.3, 0.4) is 0 Å². The molecule has 2 heterocycles. The number of hydrogen-bond donors (Lipinski definition) is 3. The molecule has 0 saturated heterocycles. The fraction of sp³-hybridized carbons (Fsp3) is 0.214. The molecule has 108 valence electrons. The number of hydrogen-bond acceptors (Lipinski definition) is 3. The molecular weight excluding hydrogens is 270 g/mol. The molecule has 21 heavy (non-hydrogen) atoms. The van der Waals surface area contributed by atoms with Crippen LogP contribution in [-0.4, -0.2) is 27.0 Å². The summed E-state index contributed by atoms with van der Waals surface area (Å²) >= 11 is 0. The number of primary amides is 1. The second kappa shape index (κ2) is 5.28. The molecule has 1 aromatic heterocycles. The van der Waals surface area contributed by atoms with E-state index in [-0.39, 0.29) is 12.3 Å². The predicted octanol–water partition coefficient (Wildman–Crippen LogP) is 0.985. The molecule has 1 aromatic carbocycles. The van der Waals surface area contributed by atoms with E-state index in [9.17, 15) is 9.59 Å². The van der Waals surface area contributed by atoms with Crippen LogP contribution in [0.4, 0.5) is 10.6 Å². The monoisotopic (exact) mass is 285 g/mol. The summed E-state index contributed by atoms with van der Waals surface area (Å²) in [5, 5.41) is 9.69. The quantitative estimate of drug-likeness (QED) is 0.783. The average molecular weight is 285 g/mol. The van der Waals surface area contributed by atoms with Crippen LogP contribution in [0.15, 0.2) is 30.3 Å². The molecule has 3 rings (SSSR count). The van der Waals surface area contributed by atoms with Crippen LogP contribution in [0.1, 0.15) is 16.8 Å². The van der Waals surface area contributed by atoms with Crippen LogP contribution in [0, 0.1) is 0 Å². The Balaban J connectivity index is 1.67. The summed E-state index contributed by atoms with van der Waals surface area (Å²) < 4.78 is 0. The Morgan fingerprint density at radius 1 is 1.29 bits per heavy atom. The van der Waals surface area contributed by atoms with Gasteiger partial charge in [-0.15, -0.1) is 0 Å². The first-order valence-electron chi connectivity index (χ1n) is 6.58. The minimum absolute atomic E-state index is 0.134. The smallest absolute Gasteiger partial charge is 0.315 e. The first-order chi connectivity index (χ1) is 10.1. The number of amides is 3. The Morgan fingerprint density at radius 3 is 2.76 bits per heavy atom. The van der Waals surface area contributed by atoms with E-state index >= 15 is 0 Å². The molecule has 1 aliphatic heterocycles. The highest BCUT2D eigenvalue weighted by Crippen LogP contribution is 2.26. The summed E-state index contributed by atoms with van der Waals surface area (Å²) in [6.07, 6.45) is 0.286. The number of anilines is 1. The van der Waals surface area contributed by atoms with Gasteiger partial charge in [0.2, 0.25) is 5.91 Å². The largest absolute Gasteiger partial charge is 0.351 e. The number of rotatable bonds is 3. The van der Waals surface area contributed by atoms with E-state index in [4.69, 9.17) is 5.73 Å². The molecule has 7 heteroatoms. The Morgan fingerprint density at radius 2 is 2.05 bits per heavy atom. The molecule has 0 fully saturated rings. The SMILES string of the molecule is NC(=O)N1Cc2n[nH]c(NC(=O)Cc3ccccc3)c2C1. The van der Waals surface area contributed by atoms with Gasteiger partial charge in [-0.1, -0.05) is 30.3 Å². The first kappa shape index (κ1) is 13.2. The second-order valence-corrected chi connectivity index (χ2v) is 4.93. The van der Waals surface area contributed by atoms with E-state index < -0.39 is 6.03 Å². The zero-order chi connectivity index (χ0) is 14.8. The minimum atomic E-state index is -0.491. The molecule has 0 atom stereocenters. The first-order valence-corrected chi connectivity index (χ1v) is 6.58. The number of nitrogens with two attached hydrogens (primary N) is 1. The second-order valence-electron chi connectivity index (χ2n) is 4.93. The summed E-state index contributed by atoms with van der Waals surface area (Å²) in [5.41, 5.74) is 7.74. The molecule has 0 aliphatic carbocycles. The lowest BCUT2D eigenvalue weighted by atomic mass is 10.1. The zero-order valence-electron chi connectivity index (χ0n) is 11.3. The highest BCUT2D eigenvalue weighted by molar-refractivity contribution is 5.92. The van der Waals surface area contributed by atoms with Crippen LogP contribution < -0.4 is 11.1 Å². The molecule has 0 bridgehead atoms. The summed E-state index contributed by atoms with van der Waals surface area (Å²) in [7, 11) is 0. The number of nitrogens with zero attached hydrogens (tertiary/aromatic N) is 2. The third kappa shape index (κ3) is 2.71. The molecule has 4 N–H and O–H groups in total. The standard InChI is InChI=1S/C14H15N5O2/c15-14(21)19-7-10-11(8-19)17-18-13(10)16-12(20)6-9-4-2-1-3-5-9/h1-5H,6-8H2,(H2,15,21)(H2,16,17,18,20). The third-order valence-electron chi connectivity index (χ3n) is 3.43. The molecule has 0 radical (unpaired) electrons. The van der Waals surface area contributed by atoms with Crippen molar-refractivity contribution in [2.75, 3.05) is 5.32 Å². The van der Waals surface area contributed by atoms with Crippen molar-refractivity contribution in [1.29, 1.82) is 0 Å². The molecule has 7 nitrogen and oxygen atoms in total. The van der Waals surface area contributed by atoms with E-state index in [1.807, 2.05) is 30.3 Å². The highest BCUT2D eigenvalue weighted by Gasteiger charge is 2.27. The number of aromatic nitrogens is 2. The van der Waals surface area contributed by atoms with Gasteiger partial charge in [0.1, 0.15) is 5.82 Å². The summed E-state index contributed by atoms with van der Waals surface area (Å²) in [5.74, 6) is 0.403. The maximum Gasteiger partial charge on any atom is 0.315 e. The van der Waals surface area contributed by atoms with Crippen molar-refractivity contribution in [2.45, 2.75) is 19.5 Å². The highest BCUT2D eigenvalue weighted by atomic mass is 16.2. The molecule has 0 spiro atoms. The Hall–Kier alpha value is -2.83. The normalized spacial score (nSPS) is 13.0. The van der Waals surface area contributed by atoms with Crippen molar-refractivity contribution in [3.63, 3.8) is 0 Å². The number of nitrogens with one attached hydrogen (secondary N) is 2. The lowest BCUT2D eigenvalue weighted by Crippen LogP contribution is -2.31. The number of carbonyl (C=O) groups is 2. The van der Waals surface area contributed by atoms with Crippen LogP contribution in [0.25, 0.3) is 0 Å². The van der Waals surface area contributed by atoms with Crippen molar-refractivity contribution < 1.29 is 9.59 Å². The van der Waals surface area contributed by atoms with Crippen molar-refractivity contribution >= 4 is 17.8 Å². The Kier molecular flexibility index (Phi) is 3.31. The summed E-state index contributed by atoms with van der Waals surface area (Å²) in [4.78, 5) is 24.7. The maximum absolute atomic E-state index is 12.0. The van der Waals surface area contributed by atoms with Gasteiger partial charge in [0.25, 0.3) is 0 Å². The van der Waals surface area contributed by atoms with E-state index in [1.54, 1.807) is 0 Å². The number of urea groups is 1. The van der Waals surface area contributed by atoms with Crippen LogP contribution in [0.5, 0.6) is 0 Å². The van der Waals surface area contributed by atoms with Gasteiger partial charge in [0.15, 0.2) is 0 Å². The van der Waals surface area contributed by atoms with Crippen molar-refractivity contribution in [1.82, 2.24) is 15.1 Å². The van der Waals surface area contributed by atoms with E-state index in [0.29, 0.717) is 18.9 Å². The van der Waals surface area contributed by atoms with Gasteiger partial charge in [-0.05, 0) is 5.56 Å². The van der Waals surface area contributed by atoms with E-state index in [1.165, 1.54) is 4.90 Å². The van der Waals surface area contributed by atoms with Gasteiger partial charge in [-0.25, -0.2) is 4.79 Å². The molecular formula is C14H15N5O2. The van der Waals surface area contributed by atoms with E-state index in [0.717, 1.165) is 16.8 Å². The third-order valence-corrected chi connectivity index (χ3v) is 3.43. The van der Waals surface area contributed by atoms with Crippen molar-refractivity contribution in [2.24, 2.45) is 5.73 Å². The van der Waals surface area contributed by atoms with Gasteiger partial charge in [0.05, 0.1) is 25.2 Å². The Bertz CT molecular complexity index is 680. The topological polar surface area (TPSA) is 104 Å². The number of benzene rings is 1. The fourth-order valence-corrected chi connectivity index (χ4v) is 2.36. The minimum Gasteiger partial charge on any atom is -0.351 e. The fourth-order valence-electron chi connectivity index (χ4n) is 2.36. The molecule has 0 saturated carbocycles. The van der Waals surface area contributed by atoms with Crippen molar-refractivity contribution in [3.05, 3.63) is 47.2 Å². The van der Waals surface area contributed by atoms with Gasteiger partial charge >= 0.3 is 6.03 Å². The van der Waals surface area contributed by atoms with Gasteiger partial charge in [-0.3, -0.25) is 9.89 Å². The number of carbonyl (C=O) groups excluding carboxylic acids is 2. The van der Waals surface area contributed by atoms with E-state index in [2.05, 4.69) is 15.5 Å². The van der Waals surface area contributed by atoms with Crippen LogP contribution >= 0.6 is 0 Å². The zero-order valence-corrected chi connectivity index (χ0v) is 11.3. The van der Waals surface area contributed by atoms with Crippen LogP contribution in [-0.2, 0) is 24.3 Å². The predicted molar refractivity (Wildman–Crippen MR) is 76.2 cm³/mol. The average Bonchev–Trinajstić information content (AvgIpc) is 3.02.